The lowest BCUT2D eigenvalue weighted by Crippen LogP contribution is -2.31. The highest BCUT2D eigenvalue weighted by atomic mass is 16.3. The van der Waals surface area contributed by atoms with E-state index in [9.17, 15) is 5.11 Å². The maximum absolute atomic E-state index is 10.2. The Bertz CT molecular complexity index is 643. The van der Waals surface area contributed by atoms with Gasteiger partial charge < -0.3 is 15.0 Å². The Morgan fingerprint density at radius 2 is 2.06 bits per heavy atom. The zero-order valence-corrected chi connectivity index (χ0v) is 10.8. The summed E-state index contributed by atoms with van der Waals surface area (Å²) < 4.78 is 0. The predicted octanol–water partition coefficient (Wildman–Crippen LogP) is 2.70. The molecule has 0 amide bonds. The normalized spacial score (nSPS) is 26.8. The van der Waals surface area contributed by atoms with Gasteiger partial charge in [-0.2, -0.15) is 0 Å². The second-order valence-corrected chi connectivity index (χ2v) is 5.95. The topological polar surface area (TPSA) is 39.3 Å². The summed E-state index contributed by atoms with van der Waals surface area (Å²) in [5.41, 5.74) is 5.13. The highest BCUT2D eigenvalue weighted by Crippen LogP contribution is 2.50. The van der Waals surface area contributed by atoms with Crippen molar-refractivity contribution in [3.8, 4) is 5.75 Å². The van der Waals surface area contributed by atoms with Crippen LogP contribution in [0.1, 0.15) is 35.1 Å². The Kier molecular flexibility index (Phi) is 1.91. The molecule has 2 heterocycles. The van der Waals surface area contributed by atoms with Crippen LogP contribution in [0.15, 0.2) is 12.1 Å². The molecule has 0 spiro atoms. The quantitative estimate of drug-likeness (QED) is 0.745. The van der Waals surface area contributed by atoms with E-state index in [-0.39, 0.29) is 0 Å². The Hall–Kier alpha value is -1.48. The number of H-pyrrole nitrogens is 1. The number of piperidine rings is 1. The van der Waals surface area contributed by atoms with Crippen molar-refractivity contribution in [1.82, 2.24) is 9.88 Å². The molecule has 2 N–H and O–H groups in total. The number of rotatable bonds is 0. The molecule has 0 radical (unpaired) electrons. The Balaban J connectivity index is 2.04. The average Bonchev–Trinajstić information content (AvgIpc) is 2.83. The number of nitrogens with zero attached hydrogens (tertiary/aromatic N) is 1. The van der Waals surface area contributed by atoms with Gasteiger partial charge in [-0.05, 0) is 43.5 Å². The minimum Gasteiger partial charge on any atom is -0.507 e. The maximum Gasteiger partial charge on any atom is 0.125 e. The van der Waals surface area contributed by atoms with Crippen LogP contribution in [0.25, 0.3) is 10.9 Å². The number of nitrogens with one attached hydrogen (secondary N) is 1. The fraction of sp³-hybridized carbons (Fsp3) is 0.467. The van der Waals surface area contributed by atoms with E-state index in [0.29, 0.717) is 17.6 Å². The van der Waals surface area contributed by atoms with Gasteiger partial charge in [0.15, 0.2) is 0 Å². The van der Waals surface area contributed by atoms with E-state index in [2.05, 4.69) is 23.9 Å². The van der Waals surface area contributed by atoms with Crippen LogP contribution in [0.4, 0.5) is 0 Å². The van der Waals surface area contributed by atoms with Crippen molar-refractivity contribution >= 4 is 10.9 Å². The second-order valence-electron chi connectivity index (χ2n) is 5.95. The number of hydrogen-bond acceptors (Lipinski definition) is 2. The third-order valence-corrected chi connectivity index (χ3v) is 4.66. The van der Waals surface area contributed by atoms with Crippen molar-refractivity contribution in [3.05, 3.63) is 29.0 Å². The molecule has 2 atom stereocenters. The van der Waals surface area contributed by atoms with Gasteiger partial charge in [-0.15, -0.1) is 0 Å². The molecule has 1 aliphatic heterocycles. The van der Waals surface area contributed by atoms with Crippen molar-refractivity contribution in [3.63, 3.8) is 0 Å². The van der Waals surface area contributed by atoms with Crippen molar-refractivity contribution in [1.29, 1.82) is 0 Å². The predicted molar refractivity (Wildman–Crippen MR) is 72.3 cm³/mol. The van der Waals surface area contributed by atoms with Gasteiger partial charge in [0, 0.05) is 30.1 Å². The Morgan fingerprint density at radius 1 is 1.28 bits per heavy atom. The first-order valence-corrected chi connectivity index (χ1v) is 6.67. The number of aromatic nitrogens is 1. The van der Waals surface area contributed by atoms with Gasteiger partial charge in [0.25, 0.3) is 0 Å². The van der Waals surface area contributed by atoms with E-state index >= 15 is 0 Å². The number of hydrogen-bond donors (Lipinski definition) is 2. The zero-order valence-electron chi connectivity index (χ0n) is 10.8. The molecule has 1 aromatic carbocycles. The van der Waals surface area contributed by atoms with E-state index < -0.39 is 0 Å². The molecule has 1 fully saturated rings. The number of likely N-dealkylation sites (N-methyl/N-ethyl adjacent to an activating group) is 1. The van der Waals surface area contributed by atoms with Crippen molar-refractivity contribution < 1.29 is 5.11 Å². The Morgan fingerprint density at radius 3 is 2.89 bits per heavy atom. The summed E-state index contributed by atoms with van der Waals surface area (Å²) in [5, 5.41) is 11.3. The molecule has 3 nitrogen and oxygen atoms in total. The minimum atomic E-state index is 0.434. The summed E-state index contributed by atoms with van der Waals surface area (Å²) in [6.45, 7) is 4.36. The molecule has 2 unspecified atom stereocenters. The van der Waals surface area contributed by atoms with Gasteiger partial charge in [0.2, 0.25) is 0 Å². The monoisotopic (exact) mass is 242 g/mol. The van der Waals surface area contributed by atoms with Gasteiger partial charge >= 0.3 is 0 Å². The summed E-state index contributed by atoms with van der Waals surface area (Å²) in [5.74, 6) is 1.64. The fourth-order valence-corrected chi connectivity index (χ4v) is 3.95. The molecule has 2 aromatic rings. The van der Waals surface area contributed by atoms with Crippen LogP contribution < -0.4 is 0 Å². The first-order valence-electron chi connectivity index (χ1n) is 6.67. The first-order chi connectivity index (χ1) is 8.65. The molecule has 4 rings (SSSR count). The SMILES string of the molecule is Cc1ccc(O)c2c3c([nH]c12)C1CC3CN(C)C1. The number of aromatic amines is 1. The number of aryl methyl sites for hydroxylation is 1. The third kappa shape index (κ3) is 1.18. The number of fused-ring (bicyclic) bond motifs is 7. The smallest absolute Gasteiger partial charge is 0.125 e. The maximum atomic E-state index is 10.2. The molecule has 2 aliphatic rings. The van der Waals surface area contributed by atoms with Crippen LogP contribution in [0.2, 0.25) is 0 Å². The number of phenolic OH excluding ortho intramolecular Hbond substituents is 1. The summed E-state index contributed by atoms with van der Waals surface area (Å²) >= 11 is 0. The van der Waals surface area contributed by atoms with Crippen molar-refractivity contribution in [2.45, 2.75) is 25.2 Å². The van der Waals surface area contributed by atoms with Crippen LogP contribution >= 0.6 is 0 Å². The van der Waals surface area contributed by atoms with Gasteiger partial charge in [0.05, 0.1) is 5.52 Å². The number of benzene rings is 1. The lowest BCUT2D eigenvalue weighted by molar-refractivity contribution is 0.244. The first kappa shape index (κ1) is 10.4. The highest BCUT2D eigenvalue weighted by molar-refractivity contribution is 5.93. The van der Waals surface area contributed by atoms with Crippen LogP contribution in [0, 0.1) is 6.92 Å². The lowest BCUT2D eigenvalue weighted by atomic mass is 9.94. The van der Waals surface area contributed by atoms with Crippen molar-refractivity contribution in [2.24, 2.45) is 0 Å². The molecule has 1 saturated heterocycles. The van der Waals surface area contributed by atoms with Crippen molar-refractivity contribution in [2.75, 3.05) is 20.1 Å². The van der Waals surface area contributed by atoms with E-state index in [0.717, 1.165) is 24.0 Å². The van der Waals surface area contributed by atoms with Crippen LogP contribution in [-0.4, -0.2) is 35.1 Å². The van der Waals surface area contributed by atoms with Gasteiger partial charge in [-0.1, -0.05) is 6.07 Å². The molecule has 1 aliphatic carbocycles. The standard InChI is InChI=1S/C15H18N2O/c1-8-3-4-11(18)13-12-9-5-10(7-17(2)6-9)15(12)16-14(8)13/h3-4,9-10,16,18H,5-7H2,1-2H3. The third-order valence-electron chi connectivity index (χ3n) is 4.66. The zero-order chi connectivity index (χ0) is 12.4. The Labute approximate surface area is 106 Å². The van der Waals surface area contributed by atoms with E-state index in [4.69, 9.17) is 0 Å². The largest absolute Gasteiger partial charge is 0.507 e. The van der Waals surface area contributed by atoms with Crippen LogP contribution in [-0.2, 0) is 0 Å². The summed E-state index contributed by atoms with van der Waals surface area (Å²) in [6, 6.07) is 3.82. The summed E-state index contributed by atoms with van der Waals surface area (Å²) in [7, 11) is 2.19. The number of phenols is 1. The van der Waals surface area contributed by atoms with Gasteiger partial charge in [-0.3, -0.25) is 0 Å². The van der Waals surface area contributed by atoms with Gasteiger partial charge in [0.1, 0.15) is 5.75 Å². The van der Waals surface area contributed by atoms with E-state index in [1.165, 1.54) is 23.2 Å². The highest BCUT2D eigenvalue weighted by Gasteiger charge is 2.39. The summed E-state index contributed by atoms with van der Waals surface area (Å²) in [4.78, 5) is 6.00. The molecule has 94 valence electrons. The van der Waals surface area contributed by atoms with Crippen LogP contribution in [0.5, 0.6) is 5.75 Å². The molecule has 0 saturated carbocycles. The molecule has 3 heteroatoms. The second kappa shape index (κ2) is 3.29. The molecule has 18 heavy (non-hydrogen) atoms. The fourth-order valence-electron chi connectivity index (χ4n) is 3.95. The minimum absolute atomic E-state index is 0.434. The summed E-state index contributed by atoms with van der Waals surface area (Å²) in [6.07, 6.45) is 1.24. The average molecular weight is 242 g/mol. The van der Waals surface area contributed by atoms with E-state index in [1.54, 1.807) is 0 Å². The molecular formula is C15H18N2O. The molecule has 1 aromatic heterocycles. The number of aromatic hydroxyl groups is 1. The number of likely N-dealkylation sites (tertiary alicyclic amines) is 1. The molecular weight excluding hydrogens is 224 g/mol. The lowest BCUT2D eigenvalue weighted by Gasteiger charge is -2.28. The van der Waals surface area contributed by atoms with Crippen LogP contribution in [0.3, 0.4) is 0 Å². The molecule has 2 bridgehead atoms. The van der Waals surface area contributed by atoms with E-state index in [1.807, 2.05) is 12.1 Å². The van der Waals surface area contributed by atoms with Gasteiger partial charge in [-0.25, -0.2) is 0 Å².